The van der Waals surface area contributed by atoms with E-state index in [0.29, 0.717) is 31.9 Å². The molecular weight excluding hydrogens is 310 g/mol. The molecule has 2 aromatic rings. The summed E-state index contributed by atoms with van der Waals surface area (Å²) in [6, 6.07) is 7.78. The zero-order valence-electron chi connectivity index (χ0n) is 13.3. The summed E-state index contributed by atoms with van der Waals surface area (Å²) in [5.41, 5.74) is 0.674. The van der Waals surface area contributed by atoms with Crippen molar-refractivity contribution < 1.29 is 9.53 Å². The molecule has 0 radical (unpaired) electrons. The van der Waals surface area contributed by atoms with E-state index in [9.17, 15) is 4.79 Å². The molecule has 0 spiro atoms. The predicted molar refractivity (Wildman–Crippen MR) is 92.0 cm³/mol. The Morgan fingerprint density at radius 3 is 2.87 bits per heavy atom. The van der Waals surface area contributed by atoms with Crippen molar-refractivity contribution in [3.05, 3.63) is 46.3 Å². The Kier molecular flexibility index (Phi) is 5.25. The largest absolute Gasteiger partial charge is 0.378 e. The molecule has 122 valence electrons. The minimum atomic E-state index is 0.0375. The van der Waals surface area contributed by atoms with E-state index >= 15 is 0 Å². The summed E-state index contributed by atoms with van der Waals surface area (Å²) in [5.74, 6) is 0.806. The summed E-state index contributed by atoms with van der Waals surface area (Å²) in [6.07, 6.45) is 1.75. The number of pyridine rings is 1. The van der Waals surface area contributed by atoms with Gasteiger partial charge in [0, 0.05) is 30.7 Å². The molecule has 1 aliphatic heterocycles. The highest BCUT2D eigenvalue weighted by Gasteiger charge is 2.23. The smallest absolute Gasteiger partial charge is 0.257 e. The van der Waals surface area contributed by atoms with Gasteiger partial charge < -0.3 is 14.5 Å². The maximum Gasteiger partial charge on any atom is 0.257 e. The topological polar surface area (TPSA) is 45.7 Å². The SMILES string of the molecule is CCN(Cc1cccs1)C(=O)c1cccnc1N1CCOCC1. The van der Waals surface area contributed by atoms with Gasteiger partial charge in [-0.05, 0) is 30.5 Å². The van der Waals surface area contributed by atoms with Crippen molar-refractivity contribution in [3.63, 3.8) is 0 Å². The van der Waals surface area contributed by atoms with Crippen molar-refractivity contribution in [2.75, 3.05) is 37.7 Å². The van der Waals surface area contributed by atoms with E-state index in [0.717, 1.165) is 18.9 Å². The maximum atomic E-state index is 13.0. The Labute approximate surface area is 140 Å². The fourth-order valence-electron chi connectivity index (χ4n) is 2.68. The van der Waals surface area contributed by atoms with E-state index in [4.69, 9.17) is 4.74 Å². The van der Waals surface area contributed by atoms with Crippen LogP contribution in [0, 0.1) is 0 Å². The number of hydrogen-bond acceptors (Lipinski definition) is 5. The number of ether oxygens (including phenoxy) is 1. The van der Waals surface area contributed by atoms with E-state index in [1.807, 2.05) is 35.4 Å². The Bertz CT molecular complexity index is 639. The van der Waals surface area contributed by atoms with Gasteiger partial charge in [0.2, 0.25) is 0 Å². The summed E-state index contributed by atoms with van der Waals surface area (Å²) < 4.78 is 5.40. The predicted octanol–water partition coefficient (Wildman–Crippen LogP) is 2.64. The van der Waals surface area contributed by atoms with Crippen LogP contribution in [0.25, 0.3) is 0 Å². The van der Waals surface area contributed by atoms with Crippen LogP contribution in [0.15, 0.2) is 35.8 Å². The molecule has 6 heteroatoms. The second-order valence-corrected chi connectivity index (χ2v) is 6.40. The van der Waals surface area contributed by atoms with Gasteiger partial charge in [0.15, 0.2) is 0 Å². The lowest BCUT2D eigenvalue weighted by Crippen LogP contribution is -2.39. The highest BCUT2D eigenvalue weighted by Crippen LogP contribution is 2.22. The molecule has 1 saturated heterocycles. The summed E-state index contributed by atoms with van der Waals surface area (Å²) in [6.45, 7) is 6.23. The Morgan fingerprint density at radius 2 is 2.17 bits per heavy atom. The Balaban J connectivity index is 1.83. The number of aromatic nitrogens is 1. The lowest BCUT2D eigenvalue weighted by atomic mass is 10.2. The first-order chi connectivity index (χ1) is 11.3. The molecule has 0 N–H and O–H groups in total. The van der Waals surface area contributed by atoms with Gasteiger partial charge in [-0.2, -0.15) is 0 Å². The molecule has 5 nitrogen and oxygen atoms in total. The lowest BCUT2D eigenvalue weighted by Gasteiger charge is -2.30. The van der Waals surface area contributed by atoms with Crippen molar-refractivity contribution in [1.29, 1.82) is 0 Å². The van der Waals surface area contributed by atoms with Crippen LogP contribution < -0.4 is 4.90 Å². The third kappa shape index (κ3) is 3.71. The van der Waals surface area contributed by atoms with E-state index in [2.05, 4.69) is 16.0 Å². The van der Waals surface area contributed by atoms with Crippen molar-refractivity contribution >= 4 is 23.1 Å². The van der Waals surface area contributed by atoms with E-state index < -0.39 is 0 Å². The third-order valence-corrected chi connectivity index (χ3v) is 4.78. The molecule has 0 aliphatic carbocycles. The number of carbonyl (C=O) groups excluding carboxylic acids is 1. The van der Waals surface area contributed by atoms with Gasteiger partial charge in [0.05, 0.1) is 25.3 Å². The summed E-state index contributed by atoms with van der Waals surface area (Å²) in [7, 11) is 0. The van der Waals surface area contributed by atoms with Gasteiger partial charge in [0.25, 0.3) is 5.91 Å². The average Bonchev–Trinajstić information content (AvgIpc) is 3.13. The van der Waals surface area contributed by atoms with Crippen LogP contribution in [-0.2, 0) is 11.3 Å². The molecule has 1 amide bonds. The van der Waals surface area contributed by atoms with Crippen molar-refractivity contribution in [2.45, 2.75) is 13.5 Å². The number of carbonyl (C=O) groups is 1. The van der Waals surface area contributed by atoms with Crippen LogP contribution in [0.4, 0.5) is 5.82 Å². The van der Waals surface area contributed by atoms with Crippen LogP contribution in [0.1, 0.15) is 22.2 Å². The van der Waals surface area contributed by atoms with E-state index in [1.165, 1.54) is 4.88 Å². The fourth-order valence-corrected chi connectivity index (χ4v) is 3.40. The molecule has 0 aromatic carbocycles. The highest BCUT2D eigenvalue weighted by atomic mass is 32.1. The number of hydrogen-bond donors (Lipinski definition) is 0. The number of morpholine rings is 1. The second kappa shape index (κ2) is 7.57. The number of thiophene rings is 1. The molecule has 3 heterocycles. The monoisotopic (exact) mass is 331 g/mol. The lowest BCUT2D eigenvalue weighted by molar-refractivity contribution is 0.0753. The molecule has 23 heavy (non-hydrogen) atoms. The Morgan fingerprint density at radius 1 is 1.35 bits per heavy atom. The first-order valence-electron chi connectivity index (χ1n) is 7.89. The quantitative estimate of drug-likeness (QED) is 0.845. The van der Waals surface area contributed by atoms with Gasteiger partial charge in [-0.1, -0.05) is 6.07 Å². The van der Waals surface area contributed by atoms with Crippen molar-refractivity contribution in [1.82, 2.24) is 9.88 Å². The average molecular weight is 331 g/mol. The number of anilines is 1. The fraction of sp³-hybridized carbons (Fsp3) is 0.412. The first-order valence-corrected chi connectivity index (χ1v) is 8.77. The van der Waals surface area contributed by atoms with Crippen molar-refractivity contribution in [2.24, 2.45) is 0 Å². The zero-order valence-corrected chi connectivity index (χ0v) is 14.1. The summed E-state index contributed by atoms with van der Waals surface area (Å²) in [4.78, 5) is 22.7. The van der Waals surface area contributed by atoms with Crippen molar-refractivity contribution in [3.8, 4) is 0 Å². The molecule has 1 aliphatic rings. The minimum Gasteiger partial charge on any atom is -0.378 e. The van der Waals surface area contributed by atoms with Crippen LogP contribution >= 0.6 is 11.3 Å². The van der Waals surface area contributed by atoms with Crippen LogP contribution in [0.5, 0.6) is 0 Å². The third-order valence-electron chi connectivity index (χ3n) is 3.92. The second-order valence-electron chi connectivity index (χ2n) is 5.37. The molecular formula is C17H21N3O2S. The normalized spacial score (nSPS) is 14.7. The Hall–Kier alpha value is -1.92. The van der Waals surface area contributed by atoms with Crippen LogP contribution in [-0.4, -0.2) is 48.6 Å². The molecule has 0 bridgehead atoms. The van der Waals surface area contributed by atoms with Gasteiger partial charge in [0.1, 0.15) is 5.82 Å². The standard InChI is InChI=1S/C17H21N3O2S/c1-2-19(13-14-5-4-12-23-14)17(21)15-6-3-7-18-16(15)20-8-10-22-11-9-20/h3-7,12H,2,8-11,13H2,1H3. The zero-order chi connectivity index (χ0) is 16.1. The maximum absolute atomic E-state index is 13.0. The first kappa shape index (κ1) is 16.0. The van der Waals surface area contributed by atoms with Crippen LogP contribution in [0.2, 0.25) is 0 Å². The molecule has 2 aromatic heterocycles. The molecule has 0 unspecified atom stereocenters. The molecule has 0 atom stereocenters. The van der Waals surface area contributed by atoms with Gasteiger partial charge >= 0.3 is 0 Å². The number of rotatable bonds is 5. The molecule has 3 rings (SSSR count). The van der Waals surface area contributed by atoms with Gasteiger partial charge in [-0.3, -0.25) is 4.79 Å². The summed E-state index contributed by atoms with van der Waals surface area (Å²) in [5, 5.41) is 2.04. The highest BCUT2D eigenvalue weighted by molar-refractivity contribution is 7.09. The number of nitrogens with zero attached hydrogens (tertiary/aromatic N) is 3. The van der Waals surface area contributed by atoms with Gasteiger partial charge in [-0.15, -0.1) is 11.3 Å². The molecule has 1 fully saturated rings. The minimum absolute atomic E-state index is 0.0375. The number of amides is 1. The van der Waals surface area contributed by atoms with Gasteiger partial charge in [-0.25, -0.2) is 4.98 Å². The van der Waals surface area contributed by atoms with E-state index in [-0.39, 0.29) is 5.91 Å². The summed E-state index contributed by atoms with van der Waals surface area (Å²) >= 11 is 1.68. The molecule has 0 saturated carbocycles. The van der Waals surface area contributed by atoms with Crippen LogP contribution in [0.3, 0.4) is 0 Å². The van der Waals surface area contributed by atoms with E-state index in [1.54, 1.807) is 17.5 Å².